The first-order valence-electron chi connectivity index (χ1n) is 11.5. The molecule has 0 saturated heterocycles. The zero-order valence-corrected chi connectivity index (χ0v) is 20.2. The van der Waals surface area contributed by atoms with Crippen LogP contribution in [0.3, 0.4) is 0 Å². The number of nitrogens with zero attached hydrogens (tertiary/aromatic N) is 3. The molecule has 0 unspecified atom stereocenters. The van der Waals surface area contributed by atoms with E-state index >= 15 is 0 Å². The van der Waals surface area contributed by atoms with E-state index in [1.54, 1.807) is 18.2 Å². The number of carbonyl (C=O) groups is 1. The van der Waals surface area contributed by atoms with E-state index in [0.717, 1.165) is 51.0 Å². The largest absolute Gasteiger partial charge is 0.417 e. The standard InChI is InChI=1S/C28H17ClF3N5O/c29-23-7-6-19(13-22(23)28(30,31)32)27(38)36-20-3-1-2-17(12-20)18-5-4-16-9-11-37(24(16)14-18)26-21-8-10-33-25(21)34-15-35-26/h1-15H,(H,36,38)(H,33,34,35). The Bertz CT molecular complexity index is 1840. The molecule has 0 fully saturated rings. The van der Waals surface area contributed by atoms with Gasteiger partial charge in [-0.1, -0.05) is 35.9 Å². The molecular weight excluding hydrogens is 515 g/mol. The lowest BCUT2D eigenvalue weighted by atomic mass is 10.0. The van der Waals surface area contributed by atoms with Crippen molar-refractivity contribution in [3.8, 4) is 16.9 Å². The molecule has 0 spiro atoms. The monoisotopic (exact) mass is 531 g/mol. The van der Waals surface area contributed by atoms with Crippen LogP contribution in [0.1, 0.15) is 15.9 Å². The summed E-state index contributed by atoms with van der Waals surface area (Å²) in [4.78, 5) is 24.6. The predicted octanol–water partition coefficient (Wildman–Crippen LogP) is 7.49. The van der Waals surface area contributed by atoms with Crippen LogP contribution in [0.25, 0.3) is 38.9 Å². The first kappa shape index (κ1) is 23.7. The zero-order chi connectivity index (χ0) is 26.4. The van der Waals surface area contributed by atoms with Crippen molar-refractivity contribution < 1.29 is 18.0 Å². The van der Waals surface area contributed by atoms with Crippen molar-refractivity contribution >= 4 is 45.1 Å². The molecule has 6 aromatic rings. The van der Waals surface area contributed by atoms with Gasteiger partial charge in [0.25, 0.3) is 5.91 Å². The van der Waals surface area contributed by atoms with Gasteiger partial charge in [0.15, 0.2) is 0 Å². The van der Waals surface area contributed by atoms with Gasteiger partial charge in [-0.05, 0) is 59.7 Å². The molecule has 0 radical (unpaired) electrons. The number of rotatable bonds is 4. The summed E-state index contributed by atoms with van der Waals surface area (Å²) >= 11 is 5.68. The Hall–Kier alpha value is -4.63. The molecule has 0 aliphatic carbocycles. The summed E-state index contributed by atoms with van der Waals surface area (Å²) in [5.74, 6) is 0.0681. The summed E-state index contributed by atoms with van der Waals surface area (Å²) in [5, 5.41) is 4.12. The van der Waals surface area contributed by atoms with Gasteiger partial charge in [0, 0.05) is 29.0 Å². The number of H-pyrrole nitrogens is 1. The molecule has 0 saturated carbocycles. The number of halogens is 4. The second kappa shape index (κ2) is 9.04. The van der Waals surface area contributed by atoms with Crippen molar-refractivity contribution in [1.82, 2.24) is 19.5 Å². The Labute approximate surface area is 218 Å². The number of anilines is 1. The molecule has 0 atom stereocenters. The normalized spacial score (nSPS) is 11.8. The third kappa shape index (κ3) is 4.26. The molecule has 3 aromatic carbocycles. The highest BCUT2D eigenvalue weighted by molar-refractivity contribution is 6.31. The van der Waals surface area contributed by atoms with Gasteiger partial charge >= 0.3 is 6.18 Å². The lowest BCUT2D eigenvalue weighted by Crippen LogP contribution is -2.14. The first-order chi connectivity index (χ1) is 18.3. The average Bonchev–Trinajstić information content (AvgIpc) is 3.55. The van der Waals surface area contributed by atoms with Crippen LogP contribution in [0.4, 0.5) is 18.9 Å². The maximum atomic E-state index is 13.2. The number of nitrogens with one attached hydrogen (secondary N) is 2. The lowest BCUT2D eigenvalue weighted by Gasteiger charge is -2.12. The molecule has 0 bridgehead atoms. The van der Waals surface area contributed by atoms with Gasteiger partial charge in [-0.3, -0.25) is 4.79 Å². The van der Waals surface area contributed by atoms with Crippen molar-refractivity contribution in [3.63, 3.8) is 0 Å². The minimum Gasteiger partial charge on any atom is -0.346 e. The predicted molar refractivity (Wildman–Crippen MR) is 141 cm³/mol. The van der Waals surface area contributed by atoms with Crippen LogP contribution in [0.2, 0.25) is 5.02 Å². The van der Waals surface area contributed by atoms with E-state index in [4.69, 9.17) is 11.6 Å². The number of benzene rings is 3. The van der Waals surface area contributed by atoms with Gasteiger partial charge < -0.3 is 14.9 Å². The first-order valence-corrected chi connectivity index (χ1v) is 11.8. The van der Waals surface area contributed by atoms with E-state index in [2.05, 4.69) is 20.3 Å². The van der Waals surface area contributed by atoms with Crippen LogP contribution in [-0.2, 0) is 6.18 Å². The lowest BCUT2D eigenvalue weighted by molar-refractivity contribution is -0.137. The fraction of sp³-hybridized carbons (Fsp3) is 0.0357. The highest BCUT2D eigenvalue weighted by atomic mass is 35.5. The topological polar surface area (TPSA) is 75.6 Å². The van der Waals surface area contributed by atoms with Crippen LogP contribution < -0.4 is 5.32 Å². The SMILES string of the molecule is O=C(Nc1cccc(-c2ccc3ccn(-c4ncnc5[nH]ccc45)c3c2)c1)c1ccc(Cl)c(C(F)(F)F)c1. The second-order valence-electron chi connectivity index (χ2n) is 8.62. The van der Waals surface area contributed by atoms with Crippen molar-refractivity contribution in [2.75, 3.05) is 5.32 Å². The van der Waals surface area contributed by atoms with Gasteiger partial charge in [-0.2, -0.15) is 13.2 Å². The molecule has 188 valence electrons. The number of hydrogen-bond acceptors (Lipinski definition) is 3. The van der Waals surface area contributed by atoms with Crippen LogP contribution in [-0.4, -0.2) is 25.4 Å². The number of amides is 1. The third-order valence-electron chi connectivity index (χ3n) is 6.24. The third-order valence-corrected chi connectivity index (χ3v) is 6.57. The van der Waals surface area contributed by atoms with Gasteiger partial charge in [-0.25, -0.2) is 9.97 Å². The van der Waals surface area contributed by atoms with Crippen molar-refractivity contribution in [2.45, 2.75) is 6.18 Å². The maximum Gasteiger partial charge on any atom is 0.417 e. The van der Waals surface area contributed by atoms with E-state index in [9.17, 15) is 18.0 Å². The Morgan fingerprint density at radius 3 is 2.63 bits per heavy atom. The highest BCUT2D eigenvalue weighted by Gasteiger charge is 2.33. The Balaban J connectivity index is 1.33. The smallest absolute Gasteiger partial charge is 0.346 e. The van der Waals surface area contributed by atoms with Gasteiger partial charge in [-0.15, -0.1) is 0 Å². The van der Waals surface area contributed by atoms with Crippen LogP contribution in [0, 0.1) is 0 Å². The summed E-state index contributed by atoms with van der Waals surface area (Å²) in [6.45, 7) is 0. The summed E-state index contributed by atoms with van der Waals surface area (Å²) in [5.41, 5.74) is 2.61. The Kier molecular flexibility index (Phi) is 5.65. The van der Waals surface area contributed by atoms with Crippen LogP contribution in [0.15, 0.2) is 91.5 Å². The molecule has 3 aromatic heterocycles. The van der Waals surface area contributed by atoms with Gasteiger partial charge in [0.2, 0.25) is 0 Å². The summed E-state index contributed by atoms with van der Waals surface area (Å²) in [6.07, 6.45) is 0.603. The molecule has 3 heterocycles. The van der Waals surface area contributed by atoms with E-state index in [0.29, 0.717) is 5.69 Å². The zero-order valence-electron chi connectivity index (χ0n) is 19.4. The number of hydrogen-bond donors (Lipinski definition) is 2. The van der Waals surface area contributed by atoms with E-state index in [1.165, 1.54) is 12.4 Å². The number of aromatic amines is 1. The number of aromatic nitrogens is 4. The average molecular weight is 532 g/mol. The summed E-state index contributed by atoms with van der Waals surface area (Å²) in [7, 11) is 0. The second-order valence-corrected chi connectivity index (χ2v) is 9.03. The summed E-state index contributed by atoms with van der Waals surface area (Å²) < 4.78 is 41.6. The number of alkyl halides is 3. The molecule has 0 aliphatic rings. The quantitative estimate of drug-likeness (QED) is 0.247. The van der Waals surface area contributed by atoms with Crippen molar-refractivity contribution in [2.24, 2.45) is 0 Å². The van der Waals surface area contributed by atoms with E-state index in [1.807, 2.05) is 53.4 Å². The fourth-order valence-corrected chi connectivity index (χ4v) is 4.63. The molecule has 2 N–H and O–H groups in total. The maximum absolute atomic E-state index is 13.2. The minimum atomic E-state index is -4.66. The molecule has 10 heteroatoms. The van der Waals surface area contributed by atoms with E-state index < -0.39 is 22.7 Å². The minimum absolute atomic E-state index is 0.146. The molecule has 6 rings (SSSR count). The van der Waals surface area contributed by atoms with Crippen LogP contribution in [0.5, 0.6) is 0 Å². The van der Waals surface area contributed by atoms with E-state index in [-0.39, 0.29) is 5.56 Å². The van der Waals surface area contributed by atoms with Crippen molar-refractivity contribution in [3.05, 3.63) is 108 Å². The fourth-order valence-electron chi connectivity index (χ4n) is 4.41. The summed E-state index contributed by atoms with van der Waals surface area (Å²) in [6, 6.07) is 20.1. The molecule has 0 aliphatic heterocycles. The molecule has 1 amide bonds. The number of carbonyl (C=O) groups excluding carboxylic acids is 1. The Morgan fingerprint density at radius 2 is 1.79 bits per heavy atom. The van der Waals surface area contributed by atoms with Gasteiger partial charge in [0.1, 0.15) is 17.8 Å². The number of fused-ring (bicyclic) bond motifs is 2. The molecule has 38 heavy (non-hydrogen) atoms. The molecule has 6 nitrogen and oxygen atoms in total. The molecular formula is C28H17ClF3N5O. The van der Waals surface area contributed by atoms with Crippen LogP contribution >= 0.6 is 11.6 Å². The van der Waals surface area contributed by atoms with Gasteiger partial charge in [0.05, 0.1) is 21.5 Å². The van der Waals surface area contributed by atoms with Crippen molar-refractivity contribution in [1.29, 1.82) is 0 Å². The highest BCUT2D eigenvalue weighted by Crippen LogP contribution is 2.35. The Morgan fingerprint density at radius 1 is 0.947 bits per heavy atom.